The lowest BCUT2D eigenvalue weighted by atomic mass is 9.94. The van der Waals surface area contributed by atoms with E-state index in [4.69, 9.17) is 0 Å². The monoisotopic (exact) mass is 322 g/mol. The van der Waals surface area contributed by atoms with Crippen molar-refractivity contribution in [2.45, 2.75) is 90.6 Å². The second-order valence-corrected chi connectivity index (χ2v) is 7.97. The molecule has 2 rings (SSSR count). The van der Waals surface area contributed by atoms with E-state index in [0.29, 0.717) is 19.0 Å². The molecule has 4 nitrogen and oxygen atoms in total. The first kappa shape index (κ1) is 18.3. The minimum Gasteiger partial charge on any atom is -0.353 e. The van der Waals surface area contributed by atoms with Gasteiger partial charge in [-0.05, 0) is 32.1 Å². The molecule has 4 heteroatoms. The fourth-order valence-electron chi connectivity index (χ4n) is 3.92. The average Bonchev–Trinajstić information content (AvgIpc) is 2.90. The first-order chi connectivity index (χ1) is 11.0. The molecule has 1 heterocycles. The zero-order chi connectivity index (χ0) is 16.8. The zero-order valence-electron chi connectivity index (χ0n) is 15.1. The second kappa shape index (κ2) is 8.70. The molecule has 0 aromatic heterocycles. The largest absolute Gasteiger partial charge is 0.353 e. The summed E-state index contributed by atoms with van der Waals surface area (Å²) in [5.74, 6) is 0.838. The van der Waals surface area contributed by atoms with Gasteiger partial charge in [-0.25, -0.2) is 0 Å². The summed E-state index contributed by atoms with van der Waals surface area (Å²) in [7, 11) is 0. The number of nitrogens with zero attached hydrogens (tertiary/aromatic N) is 1. The van der Waals surface area contributed by atoms with E-state index >= 15 is 0 Å². The molecule has 1 saturated carbocycles. The van der Waals surface area contributed by atoms with Crippen molar-refractivity contribution < 1.29 is 9.59 Å². The smallest absolute Gasteiger partial charge is 0.225 e. The molecule has 2 amide bonds. The first-order valence-corrected chi connectivity index (χ1v) is 9.57. The van der Waals surface area contributed by atoms with Gasteiger partial charge in [-0.15, -0.1) is 0 Å². The highest BCUT2D eigenvalue weighted by Gasteiger charge is 2.38. The Bertz CT molecular complexity index is 402. The van der Waals surface area contributed by atoms with Gasteiger partial charge in [0.1, 0.15) is 0 Å². The van der Waals surface area contributed by atoms with Crippen LogP contribution in [0.5, 0.6) is 0 Å². The minimum atomic E-state index is -0.142. The summed E-state index contributed by atoms with van der Waals surface area (Å²) in [5, 5.41) is 3.12. The Morgan fingerprint density at radius 3 is 2.52 bits per heavy atom. The molecule has 0 bridgehead atoms. The van der Waals surface area contributed by atoms with Crippen LogP contribution in [-0.2, 0) is 9.59 Å². The van der Waals surface area contributed by atoms with Gasteiger partial charge in [0, 0.05) is 25.0 Å². The van der Waals surface area contributed by atoms with E-state index in [0.717, 1.165) is 31.6 Å². The molecule has 2 atom stereocenters. The van der Waals surface area contributed by atoms with Crippen LogP contribution < -0.4 is 5.32 Å². The Balaban J connectivity index is 1.75. The maximum atomic E-state index is 12.4. The number of nitrogens with one attached hydrogen (secondary N) is 1. The standard InChI is InChI=1S/C19H34N2O2/c1-14(2)8-7-9-15(3)20-19(23)16-12-18(22)21(13-16)17-10-5-4-6-11-17/h14-17H,4-13H2,1-3H3,(H,20,23). The molecule has 0 radical (unpaired) electrons. The van der Waals surface area contributed by atoms with Crippen molar-refractivity contribution in [1.82, 2.24) is 10.2 Å². The Morgan fingerprint density at radius 1 is 1.17 bits per heavy atom. The zero-order valence-corrected chi connectivity index (χ0v) is 15.1. The van der Waals surface area contributed by atoms with Gasteiger partial charge in [-0.1, -0.05) is 46.0 Å². The fraction of sp³-hybridized carbons (Fsp3) is 0.895. The first-order valence-electron chi connectivity index (χ1n) is 9.57. The molecule has 23 heavy (non-hydrogen) atoms. The van der Waals surface area contributed by atoms with Crippen molar-refractivity contribution in [3.8, 4) is 0 Å². The number of rotatable bonds is 7. The van der Waals surface area contributed by atoms with Gasteiger partial charge in [0.25, 0.3) is 0 Å². The minimum absolute atomic E-state index is 0.0775. The molecule has 132 valence electrons. The Kier molecular flexibility index (Phi) is 6.91. The van der Waals surface area contributed by atoms with E-state index in [1.807, 2.05) is 4.90 Å². The quantitative estimate of drug-likeness (QED) is 0.780. The van der Waals surface area contributed by atoms with Gasteiger partial charge in [0.2, 0.25) is 11.8 Å². The van der Waals surface area contributed by atoms with Crippen LogP contribution in [-0.4, -0.2) is 35.3 Å². The number of amides is 2. The molecule has 0 spiro atoms. The summed E-state index contributed by atoms with van der Waals surface area (Å²) in [6, 6.07) is 0.595. The third-order valence-electron chi connectivity index (χ3n) is 5.35. The van der Waals surface area contributed by atoms with E-state index in [9.17, 15) is 9.59 Å². The van der Waals surface area contributed by atoms with Crippen molar-refractivity contribution in [2.24, 2.45) is 11.8 Å². The van der Waals surface area contributed by atoms with Gasteiger partial charge in [0.15, 0.2) is 0 Å². The third kappa shape index (κ3) is 5.50. The van der Waals surface area contributed by atoms with Crippen molar-refractivity contribution in [2.75, 3.05) is 6.54 Å². The molecule has 0 aromatic carbocycles. The SMILES string of the molecule is CC(C)CCCC(C)NC(=O)C1CC(=O)N(C2CCCCC2)C1. The van der Waals surface area contributed by atoms with Crippen LogP contribution >= 0.6 is 0 Å². The van der Waals surface area contributed by atoms with Crippen molar-refractivity contribution >= 4 is 11.8 Å². The highest BCUT2D eigenvalue weighted by molar-refractivity contribution is 5.89. The van der Waals surface area contributed by atoms with E-state index in [2.05, 4.69) is 26.1 Å². The summed E-state index contributed by atoms with van der Waals surface area (Å²) in [4.78, 5) is 26.7. The van der Waals surface area contributed by atoms with Gasteiger partial charge >= 0.3 is 0 Å². The number of carbonyl (C=O) groups excluding carboxylic acids is 2. The van der Waals surface area contributed by atoms with Crippen LogP contribution in [0.15, 0.2) is 0 Å². The maximum absolute atomic E-state index is 12.4. The average molecular weight is 322 g/mol. The van der Waals surface area contributed by atoms with E-state index < -0.39 is 0 Å². The summed E-state index contributed by atoms with van der Waals surface area (Å²) in [6.07, 6.45) is 9.75. The van der Waals surface area contributed by atoms with Crippen molar-refractivity contribution in [3.05, 3.63) is 0 Å². The lowest BCUT2D eigenvalue weighted by Crippen LogP contribution is -2.41. The van der Waals surface area contributed by atoms with Gasteiger partial charge in [-0.3, -0.25) is 9.59 Å². The van der Waals surface area contributed by atoms with Crippen LogP contribution in [0.1, 0.15) is 78.6 Å². The van der Waals surface area contributed by atoms with Crippen LogP contribution in [0.2, 0.25) is 0 Å². The number of hydrogen-bond acceptors (Lipinski definition) is 2. The van der Waals surface area contributed by atoms with E-state index in [1.165, 1.54) is 25.7 Å². The molecule has 1 aliphatic heterocycles. The molecule has 1 saturated heterocycles. The predicted molar refractivity (Wildman–Crippen MR) is 93.0 cm³/mol. The molecule has 2 unspecified atom stereocenters. The number of likely N-dealkylation sites (tertiary alicyclic amines) is 1. The van der Waals surface area contributed by atoms with Crippen LogP contribution in [0.4, 0.5) is 0 Å². The predicted octanol–water partition coefficient (Wildman–Crippen LogP) is 3.50. The molecule has 1 N–H and O–H groups in total. The summed E-state index contributed by atoms with van der Waals surface area (Å²) < 4.78 is 0. The highest BCUT2D eigenvalue weighted by atomic mass is 16.2. The molecular weight excluding hydrogens is 288 g/mol. The maximum Gasteiger partial charge on any atom is 0.225 e. The van der Waals surface area contributed by atoms with Gasteiger partial charge in [-0.2, -0.15) is 0 Å². The summed E-state index contributed by atoms with van der Waals surface area (Å²) >= 11 is 0. The van der Waals surface area contributed by atoms with Crippen molar-refractivity contribution in [3.63, 3.8) is 0 Å². The van der Waals surface area contributed by atoms with E-state index in [-0.39, 0.29) is 23.8 Å². The van der Waals surface area contributed by atoms with E-state index in [1.54, 1.807) is 0 Å². The summed E-state index contributed by atoms with van der Waals surface area (Å²) in [6.45, 7) is 7.17. The molecule has 1 aliphatic carbocycles. The lowest BCUT2D eigenvalue weighted by Gasteiger charge is -2.31. The second-order valence-electron chi connectivity index (χ2n) is 7.97. The fourth-order valence-corrected chi connectivity index (χ4v) is 3.92. The Labute approximate surface area is 141 Å². The third-order valence-corrected chi connectivity index (χ3v) is 5.35. The topological polar surface area (TPSA) is 49.4 Å². The lowest BCUT2D eigenvalue weighted by molar-refractivity contribution is -0.130. The van der Waals surface area contributed by atoms with Gasteiger partial charge in [0.05, 0.1) is 5.92 Å². The highest BCUT2D eigenvalue weighted by Crippen LogP contribution is 2.28. The Hall–Kier alpha value is -1.06. The molecular formula is C19H34N2O2. The van der Waals surface area contributed by atoms with Crippen LogP contribution in [0.25, 0.3) is 0 Å². The molecule has 2 aliphatic rings. The van der Waals surface area contributed by atoms with Crippen LogP contribution in [0.3, 0.4) is 0 Å². The van der Waals surface area contributed by atoms with Crippen molar-refractivity contribution in [1.29, 1.82) is 0 Å². The number of carbonyl (C=O) groups is 2. The van der Waals surface area contributed by atoms with Crippen LogP contribution in [0, 0.1) is 11.8 Å². The van der Waals surface area contributed by atoms with Gasteiger partial charge < -0.3 is 10.2 Å². The summed E-state index contributed by atoms with van der Waals surface area (Å²) in [5.41, 5.74) is 0. The molecule has 2 fully saturated rings. The molecule has 0 aromatic rings. The number of hydrogen-bond donors (Lipinski definition) is 1. The Morgan fingerprint density at radius 2 is 1.87 bits per heavy atom. The normalized spacial score (nSPS) is 24.3.